The maximum Gasteiger partial charge on any atom is 0.472 e. The van der Waals surface area contributed by atoms with E-state index >= 15 is 0 Å². The fourth-order valence-corrected chi connectivity index (χ4v) is 3.04. The summed E-state index contributed by atoms with van der Waals surface area (Å²) in [6.45, 7) is 6.94. The molecule has 1 rings (SSSR count). The molecule has 20 heavy (non-hydrogen) atoms. The van der Waals surface area contributed by atoms with Crippen molar-refractivity contribution in [2.24, 2.45) is 0 Å². The lowest BCUT2D eigenvalue weighted by Gasteiger charge is -2.23. The molecule has 0 bridgehead atoms. The maximum atomic E-state index is 14.0. The lowest BCUT2D eigenvalue weighted by molar-refractivity contribution is -0.0493. The van der Waals surface area contributed by atoms with Crippen LogP contribution < -0.4 is 0 Å². The standard InChI is InChI=1S/C11H23BFO6P/c1-6(2)16-5-8-10(9(13)11(12)17-8)19-20(14,15)18-7(3)4/h6-11H,5,12H2,1-4H3,(H,14,15)/t8-,9+,10-,11-/m1/s1. The van der Waals surface area contributed by atoms with E-state index in [2.05, 4.69) is 0 Å². The monoisotopic (exact) mass is 312 g/mol. The van der Waals surface area contributed by atoms with Gasteiger partial charge in [-0.1, -0.05) is 0 Å². The van der Waals surface area contributed by atoms with Gasteiger partial charge in [0.05, 0.1) is 24.8 Å². The third-order valence-corrected chi connectivity index (χ3v) is 3.91. The third-order valence-electron chi connectivity index (χ3n) is 2.71. The van der Waals surface area contributed by atoms with Gasteiger partial charge in [-0.2, -0.15) is 0 Å². The van der Waals surface area contributed by atoms with Crippen LogP contribution in [0, 0.1) is 0 Å². The number of rotatable bonds is 7. The van der Waals surface area contributed by atoms with E-state index in [1.165, 1.54) is 0 Å². The van der Waals surface area contributed by atoms with E-state index in [1.54, 1.807) is 21.7 Å². The summed E-state index contributed by atoms with van der Waals surface area (Å²) >= 11 is 0. The molecule has 0 aromatic heterocycles. The van der Waals surface area contributed by atoms with E-state index in [0.717, 1.165) is 0 Å². The Labute approximate surface area is 119 Å². The summed E-state index contributed by atoms with van der Waals surface area (Å²) in [6.07, 6.45) is -3.99. The molecule has 1 heterocycles. The Morgan fingerprint density at radius 1 is 1.35 bits per heavy atom. The van der Waals surface area contributed by atoms with Gasteiger partial charge in [-0.15, -0.1) is 0 Å². The van der Waals surface area contributed by atoms with Crippen molar-refractivity contribution in [1.29, 1.82) is 0 Å². The van der Waals surface area contributed by atoms with Crippen LogP contribution in [0.1, 0.15) is 27.7 Å². The van der Waals surface area contributed by atoms with E-state index < -0.39 is 38.3 Å². The molecule has 1 saturated heterocycles. The van der Waals surface area contributed by atoms with Crippen LogP contribution in [0.4, 0.5) is 4.39 Å². The smallest absolute Gasteiger partial charge is 0.376 e. The van der Waals surface area contributed by atoms with Crippen molar-refractivity contribution in [2.45, 2.75) is 64.3 Å². The molecule has 0 aromatic carbocycles. The highest BCUT2D eigenvalue weighted by Crippen LogP contribution is 2.48. The van der Waals surface area contributed by atoms with Crippen LogP contribution in [-0.2, 0) is 23.1 Å². The summed E-state index contributed by atoms with van der Waals surface area (Å²) in [7, 11) is -2.78. The molecule has 9 heteroatoms. The molecule has 6 nitrogen and oxygen atoms in total. The van der Waals surface area contributed by atoms with Gasteiger partial charge < -0.3 is 14.4 Å². The first-order chi connectivity index (χ1) is 9.12. The van der Waals surface area contributed by atoms with Crippen LogP contribution in [0.15, 0.2) is 0 Å². The zero-order valence-electron chi connectivity index (χ0n) is 12.5. The van der Waals surface area contributed by atoms with Crippen LogP contribution in [0.3, 0.4) is 0 Å². The Morgan fingerprint density at radius 3 is 2.45 bits per heavy atom. The van der Waals surface area contributed by atoms with Crippen molar-refractivity contribution in [3.05, 3.63) is 0 Å². The van der Waals surface area contributed by atoms with Crippen molar-refractivity contribution in [3.8, 4) is 0 Å². The maximum absolute atomic E-state index is 14.0. The molecular weight excluding hydrogens is 289 g/mol. The Hall–Kier alpha value is 0.0249. The first-order valence-corrected chi connectivity index (χ1v) is 8.22. The first-order valence-electron chi connectivity index (χ1n) is 6.73. The summed E-state index contributed by atoms with van der Waals surface area (Å²) in [5.74, 6) is 0. The van der Waals surface area contributed by atoms with Gasteiger partial charge in [0.15, 0.2) is 0 Å². The Balaban J connectivity index is 2.69. The molecule has 0 amide bonds. The van der Waals surface area contributed by atoms with E-state index in [-0.39, 0.29) is 12.7 Å². The van der Waals surface area contributed by atoms with E-state index in [0.29, 0.717) is 0 Å². The van der Waals surface area contributed by atoms with E-state index in [4.69, 9.17) is 18.5 Å². The van der Waals surface area contributed by atoms with Crippen molar-refractivity contribution in [3.63, 3.8) is 0 Å². The summed E-state index contributed by atoms with van der Waals surface area (Å²) < 4.78 is 46.3. The average Bonchev–Trinajstić information content (AvgIpc) is 2.52. The predicted octanol–water partition coefficient (Wildman–Crippen LogP) is 1.02. The highest BCUT2D eigenvalue weighted by molar-refractivity contribution is 7.47. The molecule has 0 saturated carbocycles. The van der Waals surface area contributed by atoms with Crippen LogP contribution in [0.5, 0.6) is 0 Å². The molecule has 5 atom stereocenters. The highest BCUT2D eigenvalue weighted by atomic mass is 31.2. The van der Waals surface area contributed by atoms with Crippen LogP contribution in [0.2, 0.25) is 0 Å². The SMILES string of the molecule is B[C@@H]1O[C@H](COC(C)C)[C@@H](OP(=O)(O)OC(C)C)[C@@H]1F. The zero-order valence-corrected chi connectivity index (χ0v) is 13.4. The number of halogens is 1. The Kier molecular flexibility index (Phi) is 6.63. The molecule has 0 aromatic rings. The second-order valence-corrected chi connectivity index (χ2v) is 6.76. The summed E-state index contributed by atoms with van der Waals surface area (Å²) in [6, 6.07) is -0.722. The summed E-state index contributed by atoms with van der Waals surface area (Å²) in [5, 5.41) is 0. The number of hydrogen-bond donors (Lipinski definition) is 1. The fourth-order valence-electron chi connectivity index (χ4n) is 1.89. The zero-order chi connectivity index (χ0) is 15.5. The van der Waals surface area contributed by atoms with Gasteiger partial charge >= 0.3 is 7.82 Å². The predicted molar refractivity (Wildman–Crippen MR) is 74.1 cm³/mol. The number of phosphoric acid groups is 1. The van der Waals surface area contributed by atoms with Crippen LogP contribution in [0.25, 0.3) is 0 Å². The quantitative estimate of drug-likeness (QED) is 0.559. The second kappa shape index (κ2) is 7.34. The Morgan fingerprint density at radius 2 is 1.95 bits per heavy atom. The van der Waals surface area contributed by atoms with E-state index in [1.807, 2.05) is 13.8 Å². The normalized spacial score (nSPS) is 33.8. The molecule has 1 aliphatic heterocycles. The molecule has 0 radical (unpaired) electrons. The number of ether oxygens (including phenoxy) is 2. The lowest BCUT2D eigenvalue weighted by Crippen LogP contribution is -2.35. The molecule has 118 valence electrons. The average molecular weight is 312 g/mol. The van der Waals surface area contributed by atoms with Crippen molar-refractivity contribution < 1.29 is 32.4 Å². The van der Waals surface area contributed by atoms with Gasteiger partial charge in [0.1, 0.15) is 26.2 Å². The van der Waals surface area contributed by atoms with Gasteiger partial charge in [0.2, 0.25) is 0 Å². The lowest BCUT2D eigenvalue weighted by atomic mass is 9.94. The molecule has 0 aliphatic carbocycles. The molecule has 1 N–H and O–H groups in total. The van der Waals surface area contributed by atoms with E-state index in [9.17, 15) is 13.8 Å². The second-order valence-electron chi connectivity index (χ2n) is 5.40. The number of alkyl halides is 1. The minimum atomic E-state index is -4.32. The highest BCUT2D eigenvalue weighted by Gasteiger charge is 2.47. The summed E-state index contributed by atoms with van der Waals surface area (Å²) in [4.78, 5) is 9.59. The molecule has 1 fully saturated rings. The third kappa shape index (κ3) is 5.43. The Bertz CT molecular complexity index is 356. The molecule has 1 aliphatic rings. The molecule has 0 spiro atoms. The minimum absolute atomic E-state index is 0.0546. The van der Waals surface area contributed by atoms with Gasteiger partial charge in [0.25, 0.3) is 0 Å². The van der Waals surface area contributed by atoms with Gasteiger partial charge in [-0.25, -0.2) is 8.96 Å². The van der Waals surface area contributed by atoms with Crippen LogP contribution in [-0.4, -0.2) is 55.9 Å². The topological polar surface area (TPSA) is 74.2 Å². The molecule has 1 unspecified atom stereocenters. The fraction of sp³-hybridized carbons (Fsp3) is 1.00. The van der Waals surface area contributed by atoms with Crippen molar-refractivity contribution >= 4 is 15.7 Å². The van der Waals surface area contributed by atoms with Gasteiger partial charge in [-0.3, -0.25) is 9.05 Å². The summed E-state index contributed by atoms with van der Waals surface area (Å²) in [5.41, 5.74) is 0. The largest absolute Gasteiger partial charge is 0.472 e. The van der Waals surface area contributed by atoms with Crippen molar-refractivity contribution in [1.82, 2.24) is 0 Å². The van der Waals surface area contributed by atoms with Crippen LogP contribution >= 0.6 is 7.82 Å². The number of hydrogen-bond acceptors (Lipinski definition) is 5. The first kappa shape index (κ1) is 18.1. The van der Waals surface area contributed by atoms with Gasteiger partial charge in [-0.05, 0) is 27.7 Å². The minimum Gasteiger partial charge on any atom is -0.376 e. The van der Waals surface area contributed by atoms with Crippen molar-refractivity contribution in [2.75, 3.05) is 6.61 Å². The van der Waals surface area contributed by atoms with Gasteiger partial charge in [0, 0.05) is 0 Å². The molecular formula is C11H23BFO6P. The number of phosphoric ester groups is 1.